The van der Waals surface area contributed by atoms with Crippen LogP contribution in [0.5, 0.6) is 0 Å². The summed E-state index contributed by atoms with van der Waals surface area (Å²) in [4.78, 5) is 8.34. The first kappa shape index (κ1) is 12.3. The van der Waals surface area contributed by atoms with E-state index < -0.39 is 6.10 Å². The highest BCUT2D eigenvalue weighted by molar-refractivity contribution is 5.55. The number of aromatic nitrogens is 2. The van der Waals surface area contributed by atoms with Crippen molar-refractivity contribution < 1.29 is 5.11 Å². The molecule has 0 bridgehead atoms. The fraction of sp³-hybridized carbons (Fsp3) is 0.231. The number of rotatable bonds is 3. The fourth-order valence-corrected chi connectivity index (χ4v) is 1.65. The molecule has 18 heavy (non-hydrogen) atoms. The minimum Gasteiger partial charge on any atom is -0.389 e. The van der Waals surface area contributed by atoms with Gasteiger partial charge >= 0.3 is 0 Å². The number of anilines is 3. The minimum absolute atomic E-state index is 0.427. The zero-order valence-corrected chi connectivity index (χ0v) is 10.4. The first-order valence-corrected chi connectivity index (χ1v) is 5.71. The van der Waals surface area contributed by atoms with Crippen LogP contribution < -0.4 is 11.1 Å². The molecule has 0 saturated heterocycles. The molecular weight excluding hydrogens is 228 g/mol. The molecule has 5 heteroatoms. The van der Waals surface area contributed by atoms with E-state index in [0.29, 0.717) is 11.8 Å². The van der Waals surface area contributed by atoms with Crippen molar-refractivity contribution in [1.82, 2.24) is 9.97 Å². The number of aliphatic hydroxyl groups excluding tert-OH is 1. The number of hydrogen-bond acceptors (Lipinski definition) is 5. The van der Waals surface area contributed by atoms with Gasteiger partial charge in [-0.3, -0.25) is 0 Å². The van der Waals surface area contributed by atoms with Crippen molar-refractivity contribution in [3.8, 4) is 0 Å². The molecule has 1 aromatic carbocycles. The number of aliphatic hydroxyl groups is 1. The molecule has 0 amide bonds. The van der Waals surface area contributed by atoms with Gasteiger partial charge in [0.05, 0.1) is 6.10 Å². The van der Waals surface area contributed by atoms with Gasteiger partial charge in [-0.1, -0.05) is 12.1 Å². The number of nitrogens with one attached hydrogen (secondary N) is 1. The van der Waals surface area contributed by atoms with E-state index in [4.69, 9.17) is 5.73 Å². The molecule has 1 heterocycles. The maximum absolute atomic E-state index is 9.52. The monoisotopic (exact) mass is 244 g/mol. The summed E-state index contributed by atoms with van der Waals surface area (Å²) < 4.78 is 0. The van der Waals surface area contributed by atoms with Crippen molar-refractivity contribution in [2.75, 3.05) is 11.1 Å². The van der Waals surface area contributed by atoms with Gasteiger partial charge in [0, 0.05) is 17.4 Å². The van der Waals surface area contributed by atoms with Crippen LogP contribution >= 0.6 is 0 Å². The summed E-state index contributed by atoms with van der Waals surface area (Å²) in [6, 6.07) is 9.17. The Hall–Kier alpha value is -2.14. The Morgan fingerprint density at radius 1 is 1.28 bits per heavy atom. The molecular formula is C13H16N4O. The molecule has 2 aromatic rings. The summed E-state index contributed by atoms with van der Waals surface area (Å²) in [6.45, 7) is 3.58. The summed E-state index contributed by atoms with van der Waals surface area (Å²) in [6.07, 6.45) is -0.504. The lowest BCUT2D eigenvalue weighted by Gasteiger charge is -2.09. The van der Waals surface area contributed by atoms with Crippen LogP contribution in [0.2, 0.25) is 0 Å². The molecule has 0 aliphatic carbocycles. The molecule has 94 valence electrons. The van der Waals surface area contributed by atoms with Gasteiger partial charge < -0.3 is 16.2 Å². The van der Waals surface area contributed by atoms with Gasteiger partial charge in [0.2, 0.25) is 5.95 Å². The highest BCUT2D eigenvalue weighted by Gasteiger charge is 2.04. The number of nitrogen functional groups attached to an aromatic ring is 1. The van der Waals surface area contributed by atoms with E-state index in [9.17, 15) is 5.11 Å². The molecule has 0 aliphatic rings. The van der Waals surface area contributed by atoms with Crippen molar-refractivity contribution in [2.24, 2.45) is 0 Å². The van der Waals surface area contributed by atoms with Crippen molar-refractivity contribution in [3.05, 3.63) is 41.6 Å². The van der Waals surface area contributed by atoms with Crippen LogP contribution in [0, 0.1) is 6.92 Å². The van der Waals surface area contributed by atoms with Gasteiger partial charge in [0.15, 0.2) is 0 Å². The van der Waals surface area contributed by atoms with Crippen LogP contribution in [0.4, 0.5) is 17.5 Å². The molecule has 4 N–H and O–H groups in total. The molecule has 1 unspecified atom stereocenters. The SMILES string of the molecule is Cc1cc(N)nc(Nc2cccc(C(C)O)c2)n1. The van der Waals surface area contributed by atoms with Crippen LogP contribution in [0.1, 0.15) is 24.3 Å². The smallest absolute Gasteiger partial charge is 0.229 e. The Morgan fingerprint density at radius 2 is 2.06 bits per heavy atom. The van der Waals surface area contributed by atoms with Crippen LogP contribution in [0.15, 0.2) is 30.3 Å². The lowest BCUT2D eigenvalue weighted by Crippen LogP contribution is -2.02. The summed E-state index contributed by atoms with van der Waals surface area (Å²) in [5.41, 5.74) is 8.11. The van der Waals surface area contributed by atoms with Gasteiger partial charge in [-0.05, 0) is 31.5 Å². The van der Waals surface area contributed by atoms with E-state index in [2.05, 4.69) is 15.3 Å². The number of nitrogens with two attached hydrogens (primary N) is 1. The van der Waals surface area contributed by atoms with E-state index in [1.54, 1.807) is 13.0 Å². The van der Waals surface area contributed by atoms with Crippen LogP contribution in [-0.4, -0.2) is 15.1 Å². The molecule has 0 fully saturated rings. The van der Waals surface area contributed by atoms with Gasteiger partial charge in [0.25, 0.3) is 0 Å². The topological polar surface area (TPSA) is 84.1 Å². The molecule has 0 spiro atoms. The van der Waals surface area contributed by atoms with Gasteiger partial charge in [-0.15, -0.1) is 0 Å². The van der Waals surface area contributed by atoms with E-state index in [1.807, 2.05) is 31.2 Å². The first-order valence-electron chi connectivity index (χ1n) is 5.71. The number of aryl methyl sites for hydroxylation is 1. The molecule has 1 atom stereocenters. The van der Waals surface area contributed by atoms with Crippen LogP contribution in [0.3, 0.4) is 0 Å². The largest absolute Gasteiger partial charge is 0.389 e. The molecule has 2 rings (SSSR count). The lowest BCUT2D eigenvalue weighted by atomic mass is 10.1. The van der Waals surface area contributed by atoms with Crippen LogP contribution in [0.25, 0.3) is 0 Å². The maximum atomic E-state index is 9.52. The second-order valence-corrected chi connectivity index (χ2v) is 4.18. The highest BCUT2D eigenvalue weighted by Crippen LogP contribution is 2.19. The number of nitrogens with zero attached hydrogens (tertiary/aromatic N) is 2. The zero-order valence-electron chi connectivity index (χ0n) is 10.4. The Balaban J connectivity index is 2.25. The molecule has 1 aromatic heterocycles. The van der Waals surface area contributed by atoms with Gasteiger partial charge in [-0.2, -0.15) is 4.98 Å². The molecule has 0 radical (unpaired) electrons. The van der Waals surface area contributed by atoms with Crippen molar-refractivity contribution in [3.63, 3.8) is 0 Å². The second kappa shape index (κ2) is 5.01. The number of hydrogen-bond donors (Lipinski definition) is 3. The van der Waals surface area contributed by atoms with Gasteiger partial charge in [-0.25, -0.2) is 4.98 Å². The van der Waals surface area contributed by atoms with E-state index in [-0.39, 0.29) is 0 Å². The van der Waals surface area contributed by atoms with Gasteiger partial charge in [0.1, 0.15) is 5.82 Å². The highest BCUT2D eigenvalue weighted by atomic mass is 16.3. The Morgan fingerprint density at radius 3 is 2.72 bits per heavy atom. The third-order valence-corrected chi connectivity index (χ3v) is 2.50. The predicted molar refractivity (Wildman–Crippen MR) is 71.5 cm³/mol. The Bertz CT molecular complexity index is 534. The quantitative estimate of drug-likeness (QED) is 0.770. The first-order chi connectivity index (χ1) is 8.54. The van der Waals surface area contributed by atoms with E-state index in [0.717, 1.165) is 16.9 Å². The summed E-state index contributed by atoms with van der Waals surface area (Å²) in [5.74, 6) is 0.881. The normalized spacial score (nSPS) is 12.2. The number of benzene rings is 1. The molecule has 0 aliphatic heterocycles. The average molecular weight is 244 g/mol. The third kappa shape index (κ3) is 2.95. The standard InChI is InChI=1S/C13H16N4O/c1-8-6-12(14)17-13(15-8)16-11-5-3-4-10(7-11)9(2)18/h3-7,9,18H,1-2H3,(H3,14,15,16,17). The lowest BCUT2D eigenvalue weighted by molar-refractivity contribution is 0.199. The Labute approximate surface area is 106 Å². The van der Waals surface area contributed by atoms with E-state index >= 15 is 0 Å². The maximum Gasteiger partial charge on any atom is 0.229 e. The summed E-state index contributed by atoms with van der Waals surface area (Å²) >= 11 is 0. The summed E-state index contributed by atoms with van der Waals surface area (Å²) in [5, 5.41) is 12.6. The predicted octanol–water partition coefficient (Wildman–Crippen LogP) is 2.16. The molecule has 5 nitrogen and oxygen atoms in total. The fourth-order valence-electron chi connectivity index (χ4n) is 1.65. The molecule has 0 saturated carbocycles. The zero-order chi connectivity index (χ0) is 13.1. The van der Waals surface area contributed by atoms with E-state index in [1.165, 1.54) is 0 Å². The Kier molecular flexibility index (Phi) is 3.43. The van der Waals surface area contributed by atoms with Crippen molar-refractivity contribution >= 4 is 17.5 Å². The summed E-state index contributed by atoms with van der Waals surface area (Å²) in [7, 11) is 0. The van der Waals surface area contributed by atoms with Crippen LogP contribution in [-0.2, 0) is 0 Å². The van der Waals surface area contributed by atoms with Crippen molar-refractivity contribution in [1.29, 1.82) is 0 Å². The van der Waals surface area contributed by atoms with Crippen molar-refractivity contribution in [2.45, 2.75) is 20.0 Å². The minimum atomic E-state index is -0.504. The average Bonchev–Trinajstić information content (AvgIpc) is 2.27. The second-order valence-electron chi connectivity index (χ2n) is 4.18. The third-order valence-electron chi connectivity index (χ3n) is 2.50.